The maximum atomic E-state index is 13.5. The third-order valence-corrected chi connectivity index (χ3v) is 6.79. The van der Waals surface area contributed by atoms with Crippen molar-refractivity contribution >= 4 is 39.1 Å². The maximum absolute atomic E-state index is 13.5. The molecule has 1 atom stereocenters. The third kappa shape index (κ3) is 7.74. The van der Waals surface area contributed by atoms with Crippen LogP contribution in [0.5, 0.6) is 0 Å². The lowest BCUT2D eigenvalue weighted by Crippen LogP contribution is -2.51. The van der Waals surface area contributed by atoms with Crippen LogP contribution in [0.15, 0.2) is 42.5 Å². The fourth-order valence-corrected chi connectivity index (χ4v) is 4.55. The third-order valence-electron chi connectivity index (χ3n) is 5.43. The van der Waals surface area contributed by atoms with Gasteiger partial charge in [-0.3, -0.25) is 13.9 Å². The van der Waals surface area contributed by atoms with Gasteiger partial charge in [0.15, 0.2) is 0 Å². The lowest BCUT2D eigenvalue weighted by Gasteiger charge is -2.32. The van der Waals surface area contributed by atoms with E-state index in [1.54, 1.807) is 32.0 Å². The molecule has 2 aromatic rings. The van der Waals surface area contributed by atoms with Crippen LogP contribution in [-0.4, -0.2) is 50.5 Å². The smallest absolute Gasteiger partial charge is 0.244 e. The highest BCUT2D eigenvalue weighted by Gasteiger charge is 2.30. The number of nitrogens with one attached hydrogen (secondary N) is 1. The first-order valence-corrected chi connectivity index (χ1v) is 13.4. The normalized spacial score (nSPS) is 12.4. The molecule has 2 aromatic carbocycles. The Labute approximate surface area is 208 Å². The first kappa shape index (κ1) is 27.7. The molecular formula is C25H34ClN3O4S. The summed E-state index contributed by atoms with van der Waals surface area (Å²) in [5.74, 6) is -0.513. The summed E-state index contributed by atoms with van der Waals surface area (Å²) in [5, 5.41) is 3.33. The minimum Gasteiger partial charge on any atom is -0.354 e. The Balaban J connectivity index is 2.39. The van der Waals surface area contributed by atoms with Gasteiger partial charge in [0.1, 0.15) is 12.6 Å². The summed E-state index contributed by atoms with van der Waals surface area (Å²) < 4.78 is 26.4. The van der Waals surface area contributed by atoms with E-state index in [9.17, 15) is 18.0 Å². The zero-order valence-corrected chi connectivity index (χ0v) is 22.2. The number of halogens is 1. The second-order valence-electron chi connectivity index (χ2n) is 9.02. The van der Waals surface area contributed by atoms with Gasteiger partial charge >= 0.3 is 0 Å². The topological polar surface area (TPSA) is 86.8 Å². The Morgan fingerprint density at radius 1 is 1.03 bits per heavy atom. The highest BCUT2D eigenvalue weighted by Crippen LogP contribution is 2.26. The Kier molecular flexibility index (Phi) is 9.53. The number of amides is 2. The summed E-state index contributed by atoms with van der Waals surface area (Å²) in [7, 11) is -3.79. The second kappa shape index (κ2) is 11.7. The molecule has 0 saturated carbocycles. The van der Waals surface area contributed by atoms with Crippen LogP contribution in [0, 0.1) is 19.8 Å². The first-order valence-electron chi connectivity index (χ1n) is 11.2. The van der Waals surface area contributed by atoms with Gasteiger partial charge < -0.3 is 10.2 Å². The number of carbonyl (C=O) groups excluding carboxylic acids is 2. The number of hydrogen-bond donors (Lipinski definition) is 1. The molecule has 0 saturated heterocycles. The lowest BCUT2D eigenvalue weighted by atomic mass is 10.1. The van der Waals surface area contributed by atoms with Crippen molar-refractivity contribution < 1.29 is 18.0 Å². The van der Waals surface area contributed by atoms with E-state index in [0.717, 1.165) is 21.7 Å². The number of sulfonamides is 1. The number of aryl methyl sites for hydroxylation is 2. The van der Waals surface area contributed by atoms with Gasteiger partial charge in [-0.1, -0.05) is 55.3 Å². The van der Waals surface area contributed by atoms with Gasteiger partial charge in [-0.05, 0) is 56.0 Å². The number of rotatable bonds is 10. The first-order chi connectivity index (χ1) is 15.8. The van der Waals surface area contributed by atoms with Crippen molar-refractivity contribution in [3.05, 3.63) is 64.2 Å². The molecule has 0 spiro atoms. The molecule has 0 aliphatic rings. The molecule has 34 heavy (non-hydrogen) atoms. The SMILES string of the molecule is Cc1ccc(CN(C(=O)CN(c2ccc(Cl)cc2C)S(C)(=O)=O)[C@H](C)C(=O)NCC(C)C)cc1. The zero-order chi connectivity index (χ0) is 25.6. The monoisotopic (exact) mass is 507 g/mol. The van der Waals surface area contributed by atoms with Crippen LogP contribution in [0.1, 0.15) is 37.5 Å². The second-order valence-corrected chi connectivity index (χ2v) is 11.4. The molecule has 0 aliphatic carbocycles. The van der Waals surface area contributed by atoms with Crippen LogP contribution >= 0.6 is 11.6 Å². The van der Waals surface area contributed by atoms with E-state index in [1.165, 1.54) is 4.90 Å². The molecule has 9 heteroatoms. The van der Waals surface area contributed by atoms with Crippen molar-refractivity contribution in [2.75, 3.05) is 23.7 Å². The predicted octanol–water partition coefficient (Wildman–Crippen LogP) is 3.91. The molecular weight excluding hydrogens is 474 g/mol. The summed E-state index contributed by atoms with van der Waals surface area (Å²) in [6.07, 6.45) is 1.05. The molecule has 2 rings (SSSR count). The van der Waals surface area contributed by atoms with Crippen LogP contribution in [0.2, 0.25) is 5.02 Å². The molecule has 0 aliphatic heterocycles. The van der Waals surface area contributed by atoms with Gasteiger partial charge in [-0.15, -0.1) is 0 Å². The Morgan fingerprint density at radius 2 is 1.65 bits per heavy atom. The molecule has 0 fully saturated rings. The van der Waals surface area contributed by atoms with Crippen molar-refractivity contribution in [3.63, 3.8) is 0 Å². The molecule has 2 amide bonds. The van der Waals surface area contributed by atoms with Gasteiger partial charge in [-0.2, -0.15) is 0 Å². The van der Waals surface area contributed by atoms with E-state index in [-0.39, 0.29) is 18.4 Å². The van der Waals surface area contributed by atoms with Crippen LogP contribution in [0.25, 0.3) is 0 Å². The van der Waals surface area contributed by atoms with E-state index in [2.05, 4.69) is 5.32 Å². The van der Waals surface area contributed by atoms with Crippen LogP contribution in [0.3, 0.4) is 0 Å². The Bertz CT molecular complexity index is 1120. The van der Waals surface area contributed by atoms with Crippen molar-refractivity contribution in [1.29, 1.82) is 0 Å². The molecule has 186 valence electrons. The fraction of sp³-hybridized carbons (Fsp3) is 0.440. The van der Waals surface area contributed by atoms with Gasteiger partial charge in [-0.25, -0.2) is 8.42 Å². The van der Waals surface area contributed by atoms with Crippen molar-refractivity contribution in [2.24, 2.45) is 5.92 Å². The van der Waals surface area contributed by atoms with E-state index in [4.69, 9.17) is 11.6 Å². The fourth-order valence-electron chi connectivity index (χ4n) is 3.42. The van der Waals surface area contributed by atoms with E-state index < -0.39 is 28.5 Å². The van der Waals surface area contributed by atoms with E-state index in [1.807, 2.05) is 45.0 Å². The Morgan fingerprint density at radius 3 is 2.18 bits per heavy atom. The zero-order valence-electron chi connectivity index (χ0n) is 20.6. The molecule has 0 unspecified atom stereocenters. The summed E-state index contributed by atoms with van der Waals surface area (Å²) in [6.45, 7) is 9.54. The van der Waals surface area contributed by atoms with Crippen molar-refractivity contribution in [3.8, 4) is 0 Å². The van der Waals surface area contributed by atoms with Gasteiger partial charge in [0.25, 0.3) is 0 Å². The van der Waals surface area contributed by atoms with E-state index in [0.29, 0.717) is 22.8 Å². The quantitative estimate of drug-likeness (QED) is 0.528. The molecule has 1 N–H and O–H groups in total. The average molecular weight is 508 g/mol. The average Bonchev–Trinajstić information content (AvgIpc) is 2.74. The number of hydrogen-bond acceptors (Lipinski definition) is 4. The van der Waals surface area contributed by atoms with Crippen LogP contribution in [0.4, 0.5) is 5.69 Å². The van der Waals surface area contributed by atoms with Crippen molar-refractivity contribution in [1.82, 2.24) is 10.2 Å². The minimum absolute atomic E-state index is 0.173. The summed E-state index contributed by atoms with van der Waals surface area (Å²) in [5.41, 5.74) is 2.91. The maximum Gasteiger partial charge on any atom is 0.244 e. The van der Waals surface area contributed by atoms with Crippen LogP contribution in [-0.2, 0) is 26.2 Å². The molecule has 7 nitrogen and oxygen atoms in total. The minimum atomic E-state index is -3.79. The van der Waals surface area contributed by atoms with Crippen LogP contribution < -0.4 is 9.62 Å². The van der Waals surface area contributed by atoms with Gasteiger partial charge in [0.2, 0.25) is 21.8 Å². The number of anilines is 1. The Hall–Kier alpha value is -2.58. The largest absolute Gasteiger partial charge is 0.354 e. The highest BCUT2D eigenvalue weighted by molar-refractivity contribution is 7.92. The van der Waals surface area contributed by atoms with Gasteiger partial charge in [0, 0.05) is 18.1 Å². The summed E-state index contributed by atoms with van der Waals surface area (Å²) >= 11 is 6.03. The molecule has 0 bridgehead atoms. The van der Waals surface area contributed by atoms with Gasteiger partial charge in [0.05, 0.1) is 11.9 Å². The molecule has 0 heterocycles. The summed E-state index contributed by atoms with van der Waals surface area (Å²) in [6, 6.07) is 11.7. The number of benzene rings is 2. The standard InChI is InChI=1S/C25H34ClN3O4S/c1-17(2)14-27-25(31)20(5)28(15-21-9-7-18(3)8-10-21)24(30)16-29(34(6,32)33)23-12-11-22(26)13-19(23)4/h7-13,17,20H,14-16H2,1-6H3,(H,27,31)/t20-/m1/s1. The molecule has 0 radical (unpaired) electrons. The molecule has 0 aromatic heterocycles. The highest BCUT2D eigenvalue weighted by atomic mass is 35.5. The predicted molar refractivity (Wildman–Crippen MR) is 137 cm³/mol. The number of carbonyl (C=O) groups is 2. The number of nitrogens with zero attached hydrogens (tertiary/aromatic N) is 2. The lowest BCUT2D eigenvalue weighted by molar-refractivity contribution is -0.139. The summed E-state index contributed by atoms with van der Waals surface area (Å²) in [4.78, 5) is 27.8. The van der Waals surface area contributed by atoms with Crippen molar-refractivity contribution in [2.45, 2.75) is 47.2 Å². The van der Waals surface area contributed by atoms with E-state index >= 15 is 0 Å².